The highest BCUT2D eigenvalue weighted by Gasteiger charge is 2.19. The van der Waals surface area contributed by atoms with Gasteiger partial charge >= 0.3 is 11.9 Å². The highest BCUT2D eigenvalue weighted by molar-refractivity contribution is 5.94. The van der Waals surface area contributed by atoms with Gasteiger partial charge in [-0.1, -0.05) is 48.5 Å². The normalized spacial score (nSPS) is 11.7. The standard InChI is InChI=1S/C23H26N2O5/c1-29-23(28)20(24)14-8-9-17-25(30-22(27)19-12-6-3-7-13-19)21(26)16-15-18-10-4-2-5-11-18/h2-7,10-13,15-16,20H,8-9,14,17,24H2,1H3/b16-15+/t20-/m0/s1. The van der Waals surface area contributed by atoms with Gasteiger partial charge in [0, 0.05) is 6.08 Å². The second-order valence-corrected chi connectivity index (χ2v) is 6.55. The molecule has 2 rings (SSSR count). The van der Waals surface area contributed by atoms with Crippen molar-refractivity contribution in [3.8, 4) is 0 Å². The molecule has 2 aromatic carbocycles. The molecular formula is C23H26N2O5. The second kappa shape index (κ2) is 12.2. The van der Waals surface area contributed by atoms with Gasteiger partial charge in [0.15, 0.2) is 0 Å². The van der Waals surface area contributed by atoms with E-state index in [0.717, 1.165) is 10.6 Å². The minimum absolute atomic E-state index is 0.171. The van der Waals surface area contributed by atoms with Gasteiger partial charge in [-0.3, -0.25) is 9.59 Å². The van der Waals surface area contributed by atoms with Crippen molar-refractivity contribution in [1.82, 2.24) is 5.06 Å². The summed E-state index contributed by atoms with van der Waals surface area (Å²) in [6, 6.07) is 17.0. The van der Waals surface area contributed by atoms with Crippen molar-refractivity contribution in [3.63, 3.8) is 0 Å². The van der Waals surface area contributed by atoms with Gasteiger partial charge in [0.1, 0.15) is 6.04 Å². The maximum Gasteiger partial charge on any atom is 0.363 e. The van der Waals surface area contributed by atoms with Crippen LogP contribution in [-0.4, -0.2) is 42.6 Å². The molecule has 0 aliphatic heterocycles. The van der Waals surface area contributed by atoms with Gasteiger partial charge in [-0.25, -0.2) is 4.79 Å². The Balaban J connectivity index is 2.00. The highest BCUT2D eigenvalue weighted by atomic mass is 16.7. The monoisotopic (exact) mass is 410 g/mol. The van der Waals surface area contributed by atoms with E-state index in [2.05, 4.69) is 4.74 Å². The van der Waals surface area contributed by atoms with Crippen molar-refractivity contribution < 1.29 is 24.0 Å². The Morgan fingerprint density at radius 1 is 1.00 bits per heavy atom. The molecule has 1 amide bonds. The third-order valence-electron chi connectivity index (χ3n) is 4.30. The topological polar surface area (TPSA) is 98.9 Å². The zero-order chi connectivity index (χ0) is 21.8. The third-order valence-corrected chi connectivity index (χ3v) is 4.30. The van der Waals surface area contributed by atoms with E-state index in [1.807, 2.05) is 30.3 Å². The molecule has 158 valence electrons. The van der Waals surface area contributed by atoms with E-state index >= 15 is 0 Å². The number of hydroxylamine groups is 2. The molecule has 0 heterocycles. The minimum atomic E-state index is -0.719. The maximum absolute atomic E-state index is 12.6. The van der Waals surface area contributed by atoms with Crippen molar-refractivity contribution in [2.24, 2.45) is 5.73 Å². The summed E-state index contributed by atoms with van der Waals surface area (Å²) in [4.78, 5) is 41.7. The first-order valence-corrected chi connectivity index (χ1v) is 9.66. The number of rotatable bonds is 9. The fourth-order valence-electron chi connectivity index (χ4n) is 2.63. The molecule has 0 radical (unpaired) electrons. The van der Waals surface area contributed by atoms with Gasteiger partial charge in [-0.2, -0.15) is 5.06 Å². The van der Waals surface area contributed by atoms with E-state index < -0.39 is 23.9 Å². The Kier molecular flexibility index (Phi) is 9.27. The molecule has 0 saturated heterocycles. The van der Waals surface area contributed by atoms with Gasteiger partial charge in [-0.05, 0) is 43.0 Å². The lowest BCUT2D eigenvalue weighted by Crippen LogP contribution is -2.34. The summed E-state index contributed by atoms with van der Waals surface area (Å²) in [6.07, 6.45) is 4.47. The van der Waals surface area contributed by atoms with Crippen LogP contribution < -0.4 is 5.73 Å². The SMILES string of the molecule is COC(=O)[C@@H](N)CCCCN(OC(=O)c1ccccc1)C(=O)/C=C/c1ccccc1. The molecule has 7 nitrogen and oxygen atoms in total. The fraction of sp³-hybridized carbons (Fsp3) is 0.261. The summed E-state index contributed by atoms with van der Waals surface area (Å²) < 4.78 is 4.60. The van der Waals surface area contributed by atoms with Crippen molar-refractivity contribution >= 4 is 23.9 Å². The zero-order valence-electron chi connectivity index (χ0n) is 16.9. The van der Waals surface area contributed by atoms with Crippen LogP contribution in [0, 0.1) is 0 Å². The van der Waals surface area contributed by atoms with Crippen LogP contribution in [0.1, 0.15) is 35.2 Å². The Labute approximate surface area is 176 Å². The number of nitrogens with zero attached hydrogens (tertiary/aromatic N) is 1. The fourth-order valence-corrected chi connectivity index (χ4v) is 2.63. The summed E-state index contributed by atoms with van der Waals surface area (Å²) in [5.41, 5.74) is 6.92. The zero-order valence-corrected chi connectivity index (χ0v) is 16.9. The van der Waals surface area contributed by atoms with Crippen LogP contribution in [0.25, 0.3) is 6.08 Å². The van der Waals surface area contributed by atoms with Gasteiger partial charge in [0.25, 0.3) is 5.91 Å². The first kappa shape index (κ1) is 22.8. The second-order valence-electron chi connectivity index (χ2n) is 6.55. The molecule has 0 spiro atoms. The minimum Gasteiger partial charge on any atom is -0.468 e. The lowest BCUT2D eigenvalue weighted by Gasteiger charge is -2.20. The van der Waals surface area contributed by atoms with Crippen molar-refractivity contribution in [2.45, 2.75) is 25.3 Å². The van der Waals surface area contributed by atoms with Crippen LogP contribution in [0.5, 0.6) is 0 Å². The largest absolute Gasteiger partial charge is 0.468 e. The number of methoxy groups -OCH3 is 1. The van der Waals surface area contributed by atoms with Crippen LogP contribution >= 0.6 is 0 Å². The number of esters is 1. The number of hydrogen-bond donors (Lipinski definition) is 1. The van der Waals surface area contributed by atoms with Crippen LogP contribution in [0.4, 0.5) is 0 Å². The van der Waals surface area contributed by atoms with Gasteiger partial charge in [0.05, 0.1) is 19.2 Å². The number of unbranched alkanes of at least 4 members (excludes halogenated alkanes) is 1. The Morgan fingerprint density at radius 2 is 1.63 bits per heavy atom. The Hall–Kier alpha value is -3.45. The van der Waals surface area contributed by atoms with E-state index in [-0.39, 0.29) is 6.54 Å². The average molecular weight is 410 g/mol. The van der Waals surface area contributed by atoms with Crippen LogP contribution in [0.3, 0.4) is 0 Å². The van der Waals surface area contributed by atoms with Crippen LogP contribution in [0.15, 0.2) is 66.7 Å². The Morgan fingerprint density at radius 3 is 2.27 bits per heavy atom. The average Bonchev–Trinajstić information content (AvgIpc) is 2.79. The molecule has 1 atom stereocenters. The van der Waals surface area contributed by atoms with Gasteiger partial charge in [-0.15, -0.1) is 0 Å². The molecule has 30 heavy (non-hydrogen) atoms. The predicted molar refractivity (Wildman–Crippen MR) is 113 cm³/mol. The molecule has 0 saturated carbocycles. The lowest BCUT2D eigenvalue weighted by molar-refractivity contribution is -0.161. The summed E-state index contributed by atoms with van der Waals surface area (Å²) >= 11 is 0. The third kappa shape index (κ3) is 7.52. The highest BCUT2D eigenvalue weighted by Crippen LogP contribution is 2.09. The molecule has 0 aromatic heterocycles. The van der Waals surface area contributed by atoms with Crippen LogP contribution in [-0.2, 0) is 19.2 Å². The van der Waals surface area contributed by atoms with Crippen molar-refractivity contribution in [3.05, 3.63) is 77.9 Å². The van der Waals surface area contributed by atoms with E-state index in [1.165, 1.54) is 13.2 Å². The number of amides is 1. The first-order chi connectivity index (χ1) is 14.5. The van der Waals surface area contributed by atoms with Gasteiger partial charge < -0.3 is 15.3 Å². The molecule has 2 aromatic rings. The van der Waals surface area contributed by atoms with E-state index in [0.29, 0.717) is 24.8 Å². The van der Waals surface area contributed by atoms with E-state index in [4.69, 9.17) is 10.6 Å². The van der Waals surface area contributed by atoms with E-state index in [9.17, 15) is 14.4 Å². The van der Waals surface area contributed by atoms with Crippen molar-refractivity contribution in [1.29, 1.82) is 0 Å². The lowest BCUT2D eigenvalue weighted by atomic mass is 10.1. The molecule has 0 aliphatic carbocycles. The number of ether oxygens (including phenoxy) is 1. The summed E-state index contributed by atoms with van der Waals surface area (Å²) in [7, 11) is 1.28. The maximum atomic E-state index is 12.6. The molecule has 0 fully saturated rings. The summed E-state index contributed by atoms with van der Waals surface area (Å²) in [6.45, 7) is 0.171. The van der Waals surface area contributed by atoms with E-state index in [1.54, 1.807) is 36.4 Å². The molecule has 0 aliphatic rings. The number of carbonyl (C=O) groups excluding carboxylic acids is 3. The smallest absolute Gasteiger partial charge is 0.363 e. The predicted octanol–water partition coefficient (Wildman–Crippen LogP) is 2.97. The van der Waals surface area contributed by atoms with Crippen LogP contribution in [0.2, 0.25) is 0 Å². The number of carbonyl (C=O) groups is 3. The number of hydrogen-bond acceptors (Lipinski definition) is 6. The summed E-state index contributed by atoms with van der Waals surface area (Å²) in [5.74, 6) is -1.56. The quantitative estimate of drug-likeness (QED) is 0.295. The molecule has 2 N–H and O–H groups in total. The van der Waals surface area contributed by atoms with Crippen molar-refractivity contribution in [2.75, 3.05) is 13.7 Å². The Bertz CT molecular complexity index is 852. The summed E-state index contributed by atoms with van der Waals surface area (Å²) in [5, 5.41) is 1.03. The molecular weight excluding hydrogens is 384 g/mol. The molecule has 7 heteroatoms. The number of benzene rings is 2. The van der Waals surface area contributed by atoms with Gasteiger partial charge in [0.2, 0.25) is 0 Å². The first-order valence-electron chi connectivity index (χ1n) is 9.66. The molecule has 0 unspecified atom stereocenters. The number of nitrogens with two attached hydrogens (primary N) is 1. The molecule has 0 bridgehead atoms.